The van der Waals surface area contributed by atoms with Crippen LogP contribution in [0.2, 0.25) is 0 Å². The molecule has 2 aliphatic carbocycles. The number of rotatable bonds is 4. The van der Waals surface area contributed by atoms with E-state index in [9.17, 15) is 0 Å². The average Bonchev–Trinajstić information content (AvgIpc) is 2.76. The van der Waals surface area contributed by atoms with Gasteiger partial charge in [0.25, 0.3) is 0 Å². The highest BCUT2D eigenvalue weighted by atomic mass is 14.6. The second kappa shape index (κ2) is 2.90. The molecule has 0 radical (unpaired) electrons. The molecule has 4 unspecified atom stereocenters. The summed E-state index contributed by atoms with van der Waals surface area (Å²) in [7, 11) is 0. The lowest BCUT2D eigenvalue weighted by molar-refractivity contribution is 0.566. The first kappa shape index (κ1) is 8.34. The molecule has 68 valence electrons. The van der Waals surface area contributed by atoms with Gasteiger partial charge >= 0.3 is 0 Å². The summed E-state index contributed by atoms with van der Waals surface area (Å²) in [4.78, 5) is 0. The van der Waals surface area contributed by atoms with Crippen LogP contribution >= 0.6 is 0 Å². The van der Waals surface area contributed by atoms with Gasteiger partial charge in [0.1, 0.15) is 0 Å². The van der Waals surface area contributed by atoms with Crippen molar-refractivity contribution < 1.29 is 0 Å². The second-order valence-electron chi connectivity index (χ2n) is 4.89. The van der Waals surface area contributed by atoms with Gasteiger partial charge in [-0.3, -0.25) is 0 Å². The fourth-order valence-electron chi connectivity index (χ4n) is 2.74. The number of hydrogen-bond acceptors (Lipinski definition) is 0. The Balaban J connectivity index is 1.71. The van der Waals surface area contributed by atoms with E-state index < -0.39 is 0 Å². The molecule has 12 heavy (non-hydrogen) atoms. The van der Waals surface area contributed by atoms with E-state index in [-0.39, 0.29) is 0 Å². The van der Waals surface area contributed by atoms with Crippen molar-refractivity contribution in [2.45, 2.75) is 39.5 Å². The molecule has 0 aromatic rings. The Hall–Kier alpha value is -0.260. The van der Waals surface area contributed by atoms with Crippen LogP contribution in [0, 0.1) is 23.7 Å². The fourth-order valence-corrected chi connectivity index (χ4v) is 2.74. The van der Waals surface area contributed by atoms with Crippen LogP contribution in [0.25, 0.3) is 0 Å². The normalized spacial score (nSPS) is 44.2. The fraction of sp³-hybridized carbons (Fsp3) is 0.833. The van der Waals surface area contributed by atoms with Crippen molar-refractivity contribution in [1.82, 2.24) is 0 Å². The molecule has 0 nitrogen and oxygen atoms in total. The largest absolute Gasteiger partial charge is 0.100 e. The van der Waals surface area contributed by atoms with E-state index in [1.807, 2.05) is 0 Å². The van der Waals surface area contributed by atoms with Gasteiger partial charge in [-0.1, -0.05) is 18.9 Å². The maximum atomic E-state index is 3.99. The maximum Gasteiger partial charge on any atom is -0.0294 e. The van der Waals surface area contributed by atoms with Crippen LogP contribution in [0.15, 0.2) is 12.2 Å². The van der Waals surface area contributed by atoms with Crippen molar-refractivity contribution in [3.05, 3.63) is 12.2 Å². The molecule has 0 spiro atoms. The monoisotopic (exact) mass is 164 g/mol. The van der Waals surface area contributed by atoms with Crippen molar-refractivity contribution in [3.8, 4) is 0 Å². The van der Waals surface area contributed by atoms with Crippen molar-refractivity contribution in [3.63, 3.8) is 0 Å². The summed E-state index contributed by atoms with van der Waals surface area (Å²) in [5.74, 6) is 4.36. The molecule has 0 aromatic heterocycles. The van der Waals surface area contributed by atoms with Crippen molar-refractivity contribution in [2.75, 3.05) is 0 Å². The first-order chi connectivity index (χ1) is 5.72. The number of hydrogen-bond donors (Lipinski definition) is 0. The predicted molar refractivity (Wildman–Crippen MR) is 52.9 cm³/mol. The Morgan fingerprint density at radius 3 is 2.33 bits per heavy atom. The summed E-state index contributed by atoms with van der Waals surface area (Å²) in [6, 6.07) is 0. The van der Waals surface area contributed by atoms with Crippen molar-refractivity contribution in [1.29, 1.82) is 0 Å². The summed E-state index contributed by atoms with van der Waals surface area (Å²) in [5, 5.41) is 0. The molecule has 0 heterocycles. The molecular formula is C12H20. The van der Waals surface area contributed by atoms with E-state index >= 15 is 0 Å². The average molecular weight is 164 g/mol. The summed E-state index contributed by atoms with van der Waals surface area (Å²) in [6.45, 7) is 8.49. The predicted octanol–water partition coefficient (Wildman–Crippen LogP) is 3.63. The lowest BCUT2D eigenvalue weighted by atomic mass is 10.1. The molecule has 2 saturated carbocycles. The van der Waals surface area contributed by atoms with Crippen LogP contribution in [-0.2, 0) is 0 Å². The highest BCUT2D eigenvalue weighted by Gasteiger charge is 2.51. The zero-order chi connectivity index (χ0) is 8.72. The molecule has 0 bridgehead atoms. The van der Waals surface area contributed by atoms with Crippen LogP contribution < -0.4 is 0 Å². The third kappa shape index (κ3) is 1.57. The smallest absolute Gasteiger partial charge is 0.0294 e. The zero-order valence-electron chi connectivity index (χ0n) is 8.34. The highest BCUT2D eigenvalue weighted by Crippen LogP contribution is 2.60. The minimum Gasteiger partial charge on any atom is -0.100 e. The topological polar surface area (TPSA) is 0 Å². The minimum atomic E-state index is 1.03. The second-order valence-corrected chi connectivity index (χ2v) is 4.89. The van der Waals surface area contributed by atoms with Gasteiger partial charge in [-0.15, -0.1) is 6.58 Å². The van der Waals surface area contributed by atoms with Gasteiger partial charge in [0, 0.05) is 0 Å². The lowest BCUT2D eigenvalue weighted by Crippen LogP contribution is -1.88. The van der Waals surface area contributed by atoms with E-state index in [0.717, 1.165) is 23.7 Å². The van der Waals surface area contributed by atoms with Gasteiger partial charge in [-0.25, -0.2) is 0 Å². The summed E-state index contributed by atoms with van der Waals surface area (Å²) in [6.07, 6.45) is 5.76. The molecule has 4 atom stereocenters. The Bertz CT molecular complexity index is 192. The Labute approximate surface area is 76.1 Å². The summed E-state index contributed by atoms with van der Waals surface area (Å²) < 4.78 is 0. The van der Waals surface area contributed by atoms with Crippen LogP contribution in [-0.4, -0.2) is 0 Å². The standard InChI is InChI=1S/C12H20/c1-4-9-6-11(9)12-7-10(12)5-8(2)3/h9-12H,2,4-7H2,1,3H3. The molecule has 0 aromatic carbocycles. The van der Waals surface area contributed by atoms with Gasteiger partial charge in [0.15, 0.2) is 0 Å². The number of allylic oxidation sites excluding steroid dienone is 1. The van der Waals surface area contributed by atoms with E-state index in [1.54, 1.807) is 0 Å². The van der Waals surface area contributed by atoms with Gasteiger partial charge in [-0.2, -0.15) is 0 Å². The molecule has 0 saturated heterocycles. The third-order valence-electron chi connectivity index (χ3n) is 3.64. The molecule has 2 rings (SSSR count). The van der Waals surface area contributed by atoms with Gasteiger partial charge in [0.2, 0.25) is 0 Å². The first-order valence-electron chi connectivity index (χ1n) is 5.36. The maximum absolute atomic E-state index is 3.99. The van der Waals surface area contributed by atoms with Crippen molar-refractivity contribution >= 4 is 0 Å². The highest BCUT2D eigenvalue weighted by molar-refractivity contribution is 5.05. The molecule has 2 aliphatic rings. The van der Waals surface area contributed by atoms with E-state index in [0.29, 0.717) is 0 Å². The molecule has 0 N–H and O–H groups in total. The van der Waals surface area contributed by atoms with Crippen molar-refractivity contribution in [2.24, 2.45) is 23.7 Å². The Kier molecular flexibility index (Phi) is 2.02. The quantitative estimate of drug-likeness (QED) is 0.556. The molecule has 0 aliphatic heterocycles. The van der Waals surface area contributed by atoms with Gasteiger partial charge < -0.3 is 0 Å². The van der Waals surface area contributed by atoms with Gasteiger partial charge in [0.05, 0.1) is 0 Å². The van der Waals surface area contributed by atoms with E-state index in [4.69, 9.17) is 0 Å². The SMILES string of the molecule is C=C(C)CC1CC1C1CC1CC. The molecule has 0 heteroatoms. The van der Waals surface area contributed by atoms with Crippen LogP contribution in [0.3, 0.4) is 0 Å². The molecule has 2 fully saturated rings. The Morgan fingerprint density at radius 1 is 1.25 bits per heavy atom. The third-order valence-corrected chi connectivity index (χ3v) is 3.64. The lowest BCUT2D eigenvalue weighted by Gasteiger charge is -1.97. The van der Waals surface area contributed by atoms with E-state index in [2.05, 4.69) is 20.4 Å². The van der Waals surface area contributed by atoms with Crippen LogP contribution in [0.1, 0.15) is 39.5 Å². The molecule has 0 amide bonds. The Morgan fingerprint density at radius 2 is 1.83 bits per heavy atom. The first-order valence-corrected chi connectivity index (χ1v) is 5.36. The minimum absolute atomic E-state index is 1.03. The zero-order valence-corrected chi connectivity index (χ0v) is 8.34. The molecular weight excluding hydrogens is 144 g/mol. The summed E-state index contributed by atoms with van der Waals surface area (Å²) in [5.41, 5.74) is 1.39. The van der Waals surface area contributed by atoms with Gasteiger partial charge in [-0.05, 0) is 49.9 Å². The summed E-state index contributed by atoms with van der Waals surface area (Å²) >= 11 is 0. The van der Waals surface area contributed by atoms with Crippen LogP contribution in [0.5, 0.6) is 0 Å². The van der Waals surface area contributed by atoms with E-state index in [1.165, 1.54) is 31.3 Å². The van der Waals surface area contributed by atoms with Crippen LogP contribution in [0.4, 0.5) is 0 Å².